The van der Waals surface area contributed by atoms with Crippen LogP contribution in [0.4, 0.5) is 10.6 Å². The average molecular weight is 513 g/mol. The molecule has 2 amide bonds. The lowest BCUT2D eigenvalue weighted by molar-refractivity contribution is 0.0937. The summed E-state index contributed by atoms with van der Waals surface area (Å²) in [5.74, 6) is 0.216. The van der Waals surface area contributed by atoms with Crippen LogP contribution in [-0.2, 0) is 13.7 Å². The largest absolute Gasteiger partial charge is 0.415 e. The third-order valence-electron chi connectivity index (χ3n) is 6.49. The number of nitrogen functional groups attached to an aromatic ring is 1. The van der Waals surface area contributed by atoms with E-state index >= 15 is 0 Å². The zero-order valence-corrected chi connectivity index (χ0v) is 20.9. The Kier molecular flexibility index (Phi) is 7.05. The van der Waals surface area contributed by atoms with E-state index in [1.807, 2.05) is 49.6 Å². The highest BCUT2D eigenvalue weighted by Gasteiger charge is 2.29. The third-order valence-corrected chi connectivity index (χ3v) is 6.49. The molecular formula is C28H28N6O4. The molecule has 1 aliphatic rings. The number of aromatic nitrogens is 3. The van der Waals surface area contributed by atoms with Crippen molar-refractivity contribution < 1.29 is 19.4 Å². The van der Waals surface area contributed by atoms with Gasteiger partial charge in [0.05, 0.1) is 18.4 Å². The topological polar surface area (TPSA) is 136 Å². The van der Waals surface area contributed by atoms with Crippen LogP contribution in [0.3, 0.4) is 0 Å². The van der Waals surface area contributed by atoms with E-state index in [0.717, 1.165) is 27.8 Å². The van der Waals surface area contributed by atoms with Gasteiger partial charge in [0.2, 0.25) is 0 Å². The standard InChI is InChI=1S/C28H28N6O4/c1-33-15-22(14-31-33)21-12-25(26(29)30-13-21)27(36)32-23-9-10-34(16-23)28(37)38-24-4-2-3-20(11-24)19-7-5-18(17-35)6-8-19/h2-8,11-15,23,35H,9-10,16-17H2,1H3,(H2,29,30)(H,32,36)/t23-/m1/s1. The van der Waals surface area contributed by atoms with Gasteiger partial charge in [0.15, 0.2) is 0 Å². The van der Waals surface area contributed by atoms with E-state index in [4.69, 9.17) is 10.5 Å². The van der Waals surface area contributed by atoms with Crippen LogP contribution in [0.5, 0.6) is 5.75 Å². The van der Waals surface area contributed by atoms with E-state index in [1.165, 1.54) is 0 Å². The van der Waals surface area contributed by atoms with Crippen molar-refractivity contribution in [3.63, 3.8) is 0 Å². The second kappa shape index (κ2) is 10.7. The molecule has 3 heterocycles. The highest BCUT2D eigenvalue weighted by Crippen LogP contribution is 2.26. The summed E-state index contributed by atoms with van der Waals surface area (Å²) in [6.45, 7) is 0.759. The van der Waals surface area contributed by atoms with E-state index in [2.05, 4.69) is 15.4 Å². The van der Waals surface area contributed by atoms with Crippen LogP contribution in [0.1, 0.15) is 22.3 Å². The van der Waals surface area contributed by atoms with Gasteiger partial charge >= 0.3 is 6.09 Å². The van der Waals surface area contributed by atoms with Crippen molar-refractivity contribution in [1.82, 2.24) is 25.0 Å². The van der Waals surface area contributed by atoms with Crippen LogP contribution in [0.2, 0.25) is 0 Å². The van der Waals surface area contributed by atoms with Crippen LogP contribution in [0, 0.1) is 0 Å². The number of pyridine rings is 1. The molecule has 4 N–H and O–H groups in total. The van der Waals surface area contributed by atoms with Gasteiger partial charge < -0.3 is 25.8 Å². The molecule has 10 nitrogen and oxygen atoms in total. The maximum atomic E-state index is 13.0. The van der Waals surface area contributed by atoms with Gasteiger partial charge in [0, 0.05) is 49.7 Å². The highest BCUT2D eigenvalue weighted by molar-refractivity contribution is 5.99. The number of carbonyl (C=O) groups excluding carboxylic acids is 2. The number of anilines is 1. The van der Waals surface area contributed by atoms with Crippen molar-refractivity contribution in [1.29, 1.82) is 0 Å². The predicted molar refractivity (Wildman–Crippen MR) is 142 cm³/mol. The van der Waals surface area contributed by atoms with Crippen molar-refractivity contribution in [2.75, 3.05) is 18.8 Å². The van der Waals surface area contributed by atoms with E-state index in [0.29, 0.717) is 25.3 Å². The molecule has 10 heteroatoms. The number of benzene rings is 2. The summed E-state index contributed by atoms with van der Waals surface area (Å²) in [4.78, 5) is 31.6. The van der Waals surface area contributed by atoms with Crippen LogP contribution < -0.4 is 15.8 Å². The number of carbonyl (C=O) groups is 2. The Morgan fingerprint density at radius 1 is 1.08 bits per heavy atom. The number of likely N-dealkylation sites (tertiary alicyclic amines) is 1. The van der Waals surface area contributed by atoms with Gasteiger partial charge in [0.25, 0.3) is 5.91 Å². The Labute approximate surface area is 219 Å². The first-order valence-electron chi connectivity index (χ1n) is 12.2. The maximum absolute atomic E-state index is 13.0. The lowest BCUT2D eigenvalue weighted by atomic mass is 10.0. The van der Waals surface area contributed by atoms with E-state index < -0.39 is 6.09 Å². The first-order valence-corrected chi connectivity index (χ1v) is 12.2. The molecule has 1 aliphatic heterocycles. The number of rotatable bonds is 6. The number of nitrogens with zero attached hydrogens (tertiary/aromatic N) is 4. The van der Waals surface area contributed by atoms with Crippen LogP contribution >= 0.6 is 0 Å². The number of aryl methyl sites for hydroxylation is 1. The van der Waals surface area contributed by atoms with Gasteiger partial charge in [0.1, 0.15) is 11.6 Å². The lowest BCUT2D eigenvalue weighted by Gasteiger charge is -2.17. The summed E-state index contributed by atoms with van der Waals surface area (Å²) >= 11 is 0. The van der Waals surface area contributed by atoms with Crippen molar-refractivity contribution in [2.24, 2.45) is 7.05 Å². The quantitative estimate of drug-likeness (QED) is 0.361. The Balaban J connectivity index is 1.20. The maximum Gasteiger partial charge on any atom is 0.415 e. The predicted octanol–water partition coefficient (Wildman–Crippen LogP) is 3.23. The summed E-state index contributed by atoms with van der Waals surface area (Å²) in [7, 11) is 1.81. The van der Waals surface area contributed by atoms with Gasteiger partial charge in [-0.25, -0.2) is 9.78 Å². The number of nitrogens with two attached hydrogens (primary N) is 1. The second-order valence-electron chi connectivity index (χ2n) is 9.22. The Bertz CT molecular complexity index is 1470. The normalized spacial score (nSPS) is 14.9. The fourth-order valence-electron chi connectivity index (χ4n) is 4.40. The summed E-state index contributed by atoms with van der Waals surface area (Å²) < 4.78 is 7.30. The van der Waals surface area contributed by atoms with Crippen molar-refractivity contribution in [2.45, 2.75) is 19.1 Å². The van der Waals surface area contributed by atoms with Crippen molar-refractivity contribution in [3.8, 4) is 28.0 Å². The molecule has 0 radical (unpaired) electrons. The fourth-order valence-corrected chi connectivity index (χ4v) is 4.40. The van der Waals surface area contributed by atoms with Gasteiger partial charge in [-0.1, -0.05) is 36.4 Å². The van der Waals surface area contributed by atoms with Gasteiger partial charge in [-0.2, -0.15) is 5.10 Å². The molecule has 1 fully saturated rings. The highest BCUT2D eigenvalue weighted by atomic mass is 16.6. The number of hydrogen-bond donors (Lipinski definition) is 3. The molecule has 194 valence electrons. The number of aliphatic hydroxyl groups excluding tert-OH is 1. The Hall–Kier alpha value is -4.70. The zero-order valence-electron chi connectivity index (χ0n) is 20.9. The molecule has 0 aliphatic carbocycles. The minimum atomic E-state index is -0.478. The fraction of sp³-hybridized carbons (Fsp3) is 0.214. The summed E-state index contributed by atoms with van der Waals surface area (Å²) in [6, 6.07) is 16.3. The lowest BCUT2D eigenvalue weighted by Crippen LogP contribution is -2.39. The van der Waals surface area contributed by atoms with Crippen LogP contribution in [-0.4, -0.2) is 55.9 Å². The number of aliphatic hydroxyl groups is 1. The number of nitrogens with one attached hydrogen (secondary N) is 1. The summed E-state index contributed by atoms with van der Waals surface area (Å²) in [6.07, 6.45) is 5.24. The minimum absolute atomic E-state index is 0.0166. The first-order chi connectivity index (χ1) is 18.4. The number of hydrogen-bond acceptors (Lipinski definition) is 7. The number of amides is 2. The molecule has 1 saturated heterocycles. The molecule has 1 atom stereocenters. The molecule has 0 spiro atoms. The first kappa shape index (κ1) is 25.0. The van der Waals surface area contributed by atoms with Crippen LogP contribution in [0.15, 0.2) is 73.2 Å². The molecular weight excluding hydrogens is 484 g/mol. The monoisotopic (exact) mass is 512 g/mol. The molecule has 4 aromatic rings. The van der Waals surface area contributed by atoms with E-state index in [1.54, 1.807) is 40.2 Å². The second-order valence-corrected chi connectivity index (χ2v) is 9.22. The van der Waals surface area contributed by atoms with Gasteiger partial charge in [-0.3, -0.25) is 9.48 Å². The summed E-state index contributed by atoms with van der Waals surface area (Å²) in [5.41, 5.74) is 10.5. The van der Waals surface area contributed by atoms with Crippen molar-refractivity contribution in [3.05, 3.63) is 84.3 Å². The average Bonchev–Trinajstić information content (AvgIpc) is 3.58. The Morgan fingerprint density at radius 3 is 2.63 bits per heavy atom. The molecule has 0 saturated carbocycles. The molecule has 5 rings (SSSR count). The third kappa shape index (κ3) is 5.50. The van der Waals surface area contributed by atoms with E-state index in [9.17, 15) is 14.7 Å². The zero-order chi connectivity index (χ0) is 26.6. The Morgan fingerprint density at radius 2 is 1.89 bits per heavy atom. The SMILES string of the molecule is Cn1cc(-c2cnc(N)c(C(=O)N[C@@H]3CCN(C(=O)Oc4cccc(-c5ccc(CO)cc5)c4)C3)c2)cn1. The van der Waals surface area contributed by atoms with E-state index in [-0.39, 0.29) is 29.9 Å². The molecule has 0 unspecified atom stereocenters. The van der Waals surface area contributed by atoms with Crippen molar-refractivity contribution >= 4 is 17.8 Å². The molecule has 2 aromatic heterocycles. The van der Waals surface area contributed by atoms with Crippen LogP contribution in [0.25, 0.3) is 22.3 Å². The smallest absolute Gasteiger partial charge is 0.410 e. The summed E-state index contributed by atoms with van der Waals surface area (Å²) in [5, 5.41) is 16.4. The number of ether oxygens (including phenoxy) is 1. The molecule has 38 heavy (non-hydrogen) atoms. The molecule has 0 bridgehead atoms. The van der Waals surface area contributed by atoms with Gasteiger partial charge in [-0.15, -0.1) is 0 Å². The minimum Gasteiger partial charge on any atom is -0.410 e. The van der Waals surface area contributed by atoms with Gasteiger partial charge in [-0.05, 0) is 41.3 Å². The molecule has 2 aromatic carbocycles.